The Bertz CT molecular complexity index is 490. The molecule has 0 aliphatic carbocycles. The molecule has 4 nitrogen and oxygen atoms in total. The van der Waals surface area contributed by atoms with E-state index in [0.717, 1.165) is 11.1 Å². The summed E-state index contributed by atoms with van der Waals surface area (Å²) in [4.78, 5) is 3.99. The molecular formula is C11H12ClN3O. The Morgan fingerprint density at radius 3 is 2.75 bits per heavy atom. The summed E-state index contributed by atoms with van der Waals surface area (Å²) >= 11 is 5.98. The van der Waals surface area contributed by atoms with Crippen molar-refractivity contribution in [2.24, 2.45) is 7.05 Å². The van der Waals surface area contributed by atoms with Gasteiger partial charge in [0.1, 0.15) is 6.10 Å². The van der Waals surface area contributed by atoms with Crippen molar-refractivity contribution in [3.63, 3.8) is 0 Å². The van der Waals surface area contributed by atoms with Gasteiger partial charge in [0, 0.05) is 19.4 Å². The molecule has 16 heavy (non-hydrogen) atoms. The summed E-state index contributed by atoms with van der Waals surface area (Å²) in [6.07, 6.45) is 4.11. The SMILES string of the molecule is Cc1cnccc1C(O)c1c(Cl)cnn1C. The van der Waals surface area contributed by atoms with Crippen LogP contribution in [-0.4, -0.2) is 19.9 Å². The first-order valence-corrected chi connectivity index (χ1v) is 5.25. The number of pyridine rings is 1. The van der Waals surface area contributed by atoms with Crippen LogP contribution in [-0.2, 0) is 7.05 Å². The van der Waals surface area contributed by atoms with Crippen molar-refractivity contribution in [3.8, 4) is 0 Å². The first-order valence-electron chi connectivity index (χ1n) is 4.87. The number of rotatable bonds is 2. The first kappa shape index (κ1) is 11.1. The maximum Gasteiger partial charge on any atom is 0.123 e. The second kappa shape index (κ2) is 4.23. The molecule has 0 aromatic carbocycles. The van der Waals surface area contributed by atoms with Gasteiger partial charge in [0.05, 0.1) is 16.9 Å². The number of hydrogen-bond donors (Lipinski definition) is 1. The zero-order valence-corrected chi connectivity index (χ0v) is 9.81. The maximum absolute atomic E-state index is 10.3. The smallest absolute Gasteiger partial charge is 0.123 e. The highest BCUT2D eigenvalue weighted by Crippen LogP contribution is 2.28. The molecule has 0 amide bonds. The monoisotopic (exact) mass is 237 g/mol. The van der Waals surface area contributed by atoms with Crippen LogP contribution in [0, 0.1) is 6.92 Å². The predicted octanol–water partition coefficient (Wildman–Crippen LogP) is 1.86. The quantitative estimate of drug-likeness (QED) is 0.868. The van der Waals surface area contributed by atoms with Crippen molar-refractivity contribution in [1.82, 2.24) is 14.8 Å². The van der Waals surface area contributed by atoms with Crippen molar-refractivity contribution in [2.75, 3.05) is 0 Å². The summed E-state index contributed by atoms with van der Waals surface area (Å²) in [5, 5.41) is 14.7. The molecule has 84 valence electrons. The summed E-state index contributed by atoms with van der Waals surface area (Å²) in [7, 11) is 1.75. The van der Waals surface area contributed by atoms with Crippen LogP contribution in [0.15, 0.2) is 24.7 Å². The standard InChI is InChI=1S/C11H12ClN3O/c1-7-5-13-4-3-8(7)11(16)10-9(12)6-14-15(10)2/h3-6,11,16H,1-2H3. The van der Waals surface area contributed by atoms with Gasteiger partial charge >= 0.3 is 0 Å². The van der Waals surface area contributed by atoms with Crippen LogP contribution in [0.3, 0.4) is 0 Å². The van der Waals surface area contributed by atoms with Crippen LogP contribution >= 0.6 is 11.6 Å². The van der Waals surface area contributed by atoms with E-state index in [1.54, 1.807) is 30.2 Å². The molecule has 2 aromatic heterocycles. The highest BCUT2D eigenvalue weighted by molar-refractivity contribution is 6.31. The van der Waals surface area contributed by atoms with Gasteiger partial charge in [-0.15, -0.1) is 0 Å². The lowest BCUT2D eigenvalue weighted by Gasteiger charge is -2.14. The molecule has 0 bridgehead atoms. The molecule has 0 aliphatic rings. The van der Waals surface area contributed by atoms with Crippen molar-refractivity contribution < 1.29 is 5.11 Å². The summed E-state index contributed by atoms with van der Waals surface area (Å²) in [6, 6.07) is 1.78. The van der Waals surface area contributed by atoms with E-state index in [0.29, 0.717) is 10.7 Å². The zero-order chi connectivity index (χ0) is 11.7. The molecule has 1 unspecified atom stereocenters. The molecule has 0 spiro atoms. The summed E-state index contributed by atoms with van der Waals surface area (Å²) < 4.78 is 1.58. The minimum absolute atomic E-state index is 0.464. The topological polar surface area (TPSA) is 50.9 Å². The molecule has 1 atom stereocenters. The maximum atomic E-state index is 10.3. The molecule has 0 saturated heterocycles. The summed E-state index contributed by atoms with van der Waals surface area (Å²) in [5.41, 5.74) is 2.31. The van der Waals surface area contributed by atoms with Gasteiger partial charge in [0.2, 0.25) is 0 Å². The zero-order valence-electron chi connectivity index (χ0n) is 9.05. The fourth-order valence-electron chi connectivity index (χ4n) is 1.67. The minimum atomic E-state index is -0.775. The van der Waals surface area contributed by atoms with E-state index in [2.05, 4.69) is 10.1 Å². The van der Waals surface area contributed by atoms with E-state index in [9.17, 15) is 5.11 Å². The van der Waals surface area contributed by atoms with Crippen molar-refractivity contribution in [1.29, 1.82) is 0 Å². The van der Waals surface area contributed by atoms with Crippen LogP contribution in [0.4, 0.5) is 0 Å². The Labute approximate surface area is 98.5 Å². The number of aliphatic hydroxyl groups excluding tert-OH is 1. The van der Waals surface area contributed by atoms with Gasteiger partial charge < -0.3 is 5.11 Å². The Hall–Kier alpha value is -1.39. The third-order valence-corrected chi connectivity index (χ3v) is 2.85. The van der Waals surface area contributed by atoms with Gasteiger partial charge in [0.15, 0.2) is 0 Å². The third kappa shape index (κ3) is 1.81. The fourth-order valence-corrected chi connectivity index (χ4v) is 1.94. The Morgan fingerprint density at radius 1 is 1.44 bits per heavy atom. The number of hydrogen-bond acceptors (Lipinski definition) is 3. The number of aromatic nitrogens is 3. The second-order valence-electron chi connectivity index (χ2n) is 3.64. The third-order valence-electron chi connectivity index (χ3n) is 2.55. The van der Waals surface area contributed by atoms with E-state index < -0.39 is 6.10 Å². The largest absolute Gasteiger partial charge is 0.382 e. The number of halogens is 1. The lowest BCUT2D eigenvalue weighted by Crippen LogP contribution is -2.08. The van der Waals surface area contributed by atoms with Gasteiger partial charge in [-0.05, 0) is 24.1 Å². The average molecular weight is 238 g/mol. The molecular weight excluding hydrogens is 226 g/mol. The lowest BCUT2D eigenvalue weighted by molar-refractivity contribution is 0.209. The number of aliphatic hydroxyl groups is 1. The fraction of sp³-hybridized carbons (Fsp3) is 0.273. The van der Waals surface area contributed by atoms with Crippen LogP contribution in [0.5, 0.6) is 0 Å². The number of aryl methyl sites for hydroxylation is 2. The lowest BCUT2D eigenvalue weighted by atomic mass is 10.0. The highest BCUT2D eigenvalue weighted by Gasteiger charge is 2.19. The second-order valence-corrected chi connectivity index (χ2v) is 4.04. The van der Waals surface area contributed by atoms with Crippen molar-refractivity contribution >= 4 is 11.6 Å². The normalized spacial score (nSPS) is 12.8. The van der Waals surface area contributed by atoms with Crippen LogP contribution in [0.2, 0.25) is 5.02 Å². The van der Waals surface area contributed by atoms with Gasteiger partial charge in [-0.3, -0.25) is 9.67 Å². The van der Waals surface area contributed by atoms with E-state index in [1.807, 2.05) is 6.92 Å². The molecule has 2 aromatic rings. The molecule has 0 fully saturated rings. The highest BCUT2D eigenvalue weighted by atomic mass is 35.5. The van der Waals surface area contributed by atoms with Gasteiger partial charge in [-0.1, -0.05) is 11.6 Å². The molecule has 0 saturated carbocycles. The molecule has 2 heterocycles. The van der Waals surface area contributed by atoms with E-state index in [4.69, 9.17) is 11.6 Å². The molecule has 1 N–H and O–H groups in total. The number of nitrogens with zero attached hydrogens (tertiary/aromatic N) is 3. The average Bonchev–Trinajstić information content (AvgIpc) is 2.58. The minimum Gasteiger partial charge on any atom is -0.382 e. The predicted molar refractivity (Wildman–Crippen MR) is 61.3 cm³/mol. The Kier molecular flexibility index (Phi) is 2.94. The van der Waals surface area contributed by atoms with Gasteiger partial charge in [-0.2, -0.15) is 5.10 Å². The van der Waals surface area contributed by atoms with Crippen molar-refractivity contribution in [2.45, 2.75) is 13.0 Å². The van der Waals surface area contributed by atoms with Crippen LogP contribution in [0.25, 0.3) is 0 Å². The molecule has 0 radical (unpaired) electrons. The van der Waals surface area contributed by atoms with E-state index in [-0.39, 0.29) is 0 Å². The molecule has 2 rings (SSSR count). The van der Waals surface area contributed by atoms with E-state index >= 15 is 0 Å². The summed E-state index contributed by atoms with van der Waals surface area (Å²) in [5.74, 6) is 0. The molecule has 5 heteroatoms. The van der Waals surface area contributed by atoms with Gasteiger partial charge in [0.25, 0.3) is 0 Å². The van der Waals surface area contributed by atoms with E-state index in [1.165, 1.54) is 6.20 Å². The first-order chi connectivity index (χ1) is 7.61. The summed E-state index contributed by atoms with van der Waals surface area (Å²) in [6.45, 7) is 1.90. The Balaban J connectivity index is 2.47. The molecule has 0 aliphatic heterocycles. The van der Waals surface area contributed by atoms with Gasteiger partial charge in [-0.25, -0.2) is 0 Å². The van der Waals surface area contributed by atoms with Crippen molar-refractivity contribution in [3.05, 3.63) is 46.5 Å². The van der Waals surface area contributed by atoms with Crippen LogP contribution < -0.4 is 0 Å². The Morgan fingerprint density at radius 2 is 2.19 bits per heavy atom. The van der Waals surface area contributed by atoms with Crippen LogP contribution in [0.1, 0.15) is 22.9 Å².